The van der Waals surface area contributed by atoms with Gasteiger partial charge in [0.2, 0.25) is 0 Å². The smallest absolute Gasteiger partial charge is 0.478 e. The van der Waals surface area contributed by atoms with Crippen LogP contribution in [0.15, 0.2) is 217 Å². The monoisotopic (exact) mass is 2080 g/mol. The Balaban J connectivity index is 0.000000145. The van der Waals surface area contributed by atoms with Crippen LogP contribution in [0.25, 0.3) is 89.8 Å². The molecule has 10 aromatic heterocycles. The number of allylic oxidation sites excluding steroid dienone is 1. The highest BCUT2D eigenvalue weighted by atomic mass is 79.9. The zero-order valence-corrected chi connectivity index (χ0v) is 83.7. The summed E-state index contributed by atoms with van der Waals surface area (Å²) in [6.45, 7) is 22.2. The summed E-state index contributed by atoms with van der Waals surface area (Å²) >= 11 is 38.3. The summed E-state index contributed by atoms with van der Waals surface area (Å²) in [5.74, 6) is 2.96. The summed E-state index contributed by atoms with van der Waals surface area (Å²) in [7, 11) is -0.406. The molecule has 140 heavy (non-hydrogen) atoms. The third-order valence-electron chi connectivity index (χ3n) is 23.1. The van der Waals surface area contributed by atoms with Gasteiger partial charge in [0.1, 0.15) is 39.3 Å². The second kappa shape index (κ2) is 49.9. The number of halogens is 7. The lowest BCUT2D eigenvalue weighted by Crippen LogP contribution is -2.41. The van der Waals surface area contributed by atoms with Crippen molar-refractivity contribution in [3.63, 3.8) is 0 Å². The van der Waals surface area contributed by atoms with Crippen LogP contribution < -0.4 is 22.7 Å². The Morgan fingerprint density at radius 2 is 0.750 bits per heavy atom. The predicted molar refractivity (Wildman–Crippen MR) is 549 cm³/mol. The second-order valence-corrected chi connectivity index (χ2v) is 36.5. The molecule has 30 nitrogen and oxygen atoms in total. The molecular formula is C102H103BBrCl6N13O17. The highest BCUT2D eigenvalue weighted by molar-refractivity contribution is 9.10. The largest absolute Gasteiger partial charge is 0.494 e. The molecule has 4 amide bonds. The van der Waals surface area contributed by atoms with E-state index in [0.29, 0.717) is 218 Å². The number of carbonyl (C=O) groups is 6. The number of nitrogens with two attached hydrogens (primary N) is 3. The van der Waals surface area contributed by atoms with Gasteiger partial charge in [-0.25, -0.2) is 19.7 Å². The lowest BCUT2D eigenvalue weighted by atomic mass is 9.78. The van der Waals surface area contributed by atoms with Crippen LogP contribution >= 0.6 is 85.5 Å². The fourth-order valence-electron chi connectivity index (χ4n) is 14.9. The number of ether oxygens (including phenoxy) is 4. The number of benzene rings is 4. The number of nitrogens with zero attached hydrogens (tertiary/aromatic N) is 10. The molecule has 5 saturated heterocycles. The Labute approximate surface area is 846 Å². The summed E-state index contributed by atoms with van der Waals surface area (Å²) in [5, 5.41) is 14.3. The molecule has 38 heteroatoms. The molecule has 4 aromatic carbocycles. The van der Waals surface area contributed by atoms with Crippen molar-refractivity contribution in [2.45, 2.75) is 85.0 Å². The number of rotatable bonds is 18. The molecule has 0 unspecified atom stereocenters. The maximum atomic E-state index is 12.7. The molecule has 14 aromatic rings. The number of aryl methyl sites for hydroxylation is 3. The van der Waals surface area contributed by atoms with E-state index in [1.165, 1.54) is 18.3 Å². The van der Waals surface area contributed by atoms with Crippen LogP contribution in [0.3, 0.4) is 0 Å². The first-order chi connectivity index (χ1) is 67.4. The molecule has 0 saturated carbocycles. The van der Waals surface area contributed by atoms with Crippen molar-refractivity contribution in [1.29, 1.82) is 0 Å². The zero-order chi connectivity index (χ0) is 99.7. The summed E-state index contributed by atoms with van der Waals surface area (Å²) in [4.78, 5) is 104. The van der Waals surface area contributed by atoms with Gasteiger partial charge in [0.15, 0.2) is 28.1 Å². The van der Waals surface area contributed by atoms with E-state index >= 15 is 0 Å². The van der Waals surface area contributed by atoms with Crippen LogP contribution in [0.5, 0.6) is 0 Å². The highest BCUT2D eigenvalue weighted by Crippen LogP contribution is 2.40. The molecule has 19 rings (SSSR count). The number of aliphatic carboxylic acids is 1. The topological polar surface area (TPSA) is 399 Å². The summed E-state index contributed by atoms with van der Waals surface area (Å²) in [6, 6.07) is 44.3. The number of furan rings is 4. The van der Waals surface area contributed by atoms with Gasteiger partial charge in [-0.3, -0.25) is 38.9 Å². The van der Waals surface area contributed by atoms with Crippen molar-refractivity contribution in [3.8, 4) is 33.8 Å². The number of morpholine rings is 4. The maximum Gasteiger partial charge on any atom is 0.494 e. The zero-order valence-electron chi connectivity index (χ0n) is 77.6. The molecule has 0 radical (unpaired) electrons. The number of amides is 4. The van der Waals surface area contributed by atoms with E-state index in [1.807, 2.05) is 120 Å². The Morgan fingerprint density at radius 1 is 0.421 bits per heavy atom. The van der Waals surface area contributed by atoms with Crippen LogP contribution in [-0.2, 0) is 63.7 Å². The average molecular weight is 2090 g/mol. The van der Waals surface area contributed by atoms with Gasteiger partial charge in [-0.15, -0.1) is 23.2 Å². The first-order valence-electron chi connectivity index (χ1n) is 45.0. The number of hydrogen-bond acceptors (Lipinski definition) is 25. The van der Waals surface area contributed by atoms with Crippen LogP contribution in [0.4, 0.5) is 11.6 Å². The van der Waals surface area contributed by atoms with Crippen LogP contribution in [0.1, 0.15) is 124 Å². The first-order valence-corrected chi connectivity index (χ1v) is 48.3. The number of hydrogen-bond donors (Lipinski definition) is 4. The quantitative estimate of drug-likeness (QED) is 0.0268. The number of nitrogen functional groups attached to an aromatic ring is 2. The standard InChI is InChI=1S/C28H25ClN4O4.C20H19ClN2O3.C19H18ClN3O3.C16H20BClO3.C10H11BrN2O2.C8H8N2O2.CH2Cl2/c29-24-15-20(25-7-3-19(17-31-25)28(35)33-9-11-36-12-10-33)13-21-14-23(37-27(21)24)6-5-22(34)4-1-18-2-8-26(30)32-16-18;1-2-16-10-15-9-14(11-17(21)19(15)26-16)18-4-3-13(12-22-18)20(24)23-5-7-25-8-6-23;20-16-9-13(7-14-8-15(10-21)26-18(14)16)17-2-1-12(11-22-17)19(24)23-3-5-25-6-4-23;1-6-12-8-10-7-11(9-13(18)14(10)19-12)17-20-15(2,3)16(4,5)21-17;11-9-2-1-8(7-12-9)10(14)13-3-5-15-6-4-13;9-7-3-1-6(5-10-7)2-4-8(11)12;2-1-3/h1-4,7-8,13-17H,5-6,9-12H2,(H2,30,32);3-4,9-12H,2,5-8H2,1H3;1-2,7-9,11H,3-6,10,21H2;7-9H,6H2,1-5H3;1-2,7H,3-6H2;1-5H,(H2,9,10)(H,11,12);1H2/b4-1+;;;;;4-2+;. The van der Waals surface area contributed by atoms with Gasteiger partial charge in [-0.05, 0) is 218 Å². The van der Waals surface area contributed by atoms with Gasteiger partial charge in [-0.2, -0.15) is 0 Å². The van der Waals surface area contributed by atoms with Crippen LogP contribution in [0.2, 0.25) is 20.1 Å². The number of ketones is 1. The second-order valence-electron chi connectivity index (χ2n) is 33.3. The number of pyridine rings is 6. The van der Waals surface area contributed by atoms with Crippen molar-refractivity contribution in [2.24, 2.45) is 5.73 Å². The van der Waals surface area contributed by atoms with Gasteiger partial charge in [0.05, 0.1) is 135 Å². The molecule has 5 aliphatic rings. The molecule has 0 aliphatic carbocycles. The molecule has 5 aliphatic heterocycles. The number of fused-ring (bicyclic) bond motifs is 4. The van der Waals surface area contributed by atoms with E-state index < -0.39 is 13.1 Å². The number of carbonyl (C=O) groups excluding carboxylic acids is 5. The van der Waals surface area contributed by atoms with E-state index in [4.69, 9.17) is 138 Å². The molecule has 7 N–H and O–H groups in total. The normalized spacial score (nSPS) is 15.0. The van der Waals surface area contributed by atoms with Crippen LogP contribution in [-0.4, -0.2) is 219 Å². The van der Waals surface area contributed by atoms with E-state index in [1.54, 1.807) is 117 Å². The Hall–Kier alpha value is -12.0. The molecule has 0 spiro atoms. The first kappa shape index (κ1) is 105. The molecule has 0 atom stereocenters. The van der Waals surface area contributed by atoms with E-state index in [9.17, 15) is 28.8 Å². The van der Waals surface area contributed by atoms with Gasteiger partial charge in [0.25, 0.3) is 23.6 Å². The lowest BCUT2D eigenvalue weighted by Gasteiger charge is -2.32. The van der Waals surface area contributed by atoms with E-state index in [-0.39, 0.29) is 46.0 Å². The van der Waals surface area contributed by atoms with Crippen LogP contribution in [0, 0.1) is 0 Å². The maximum absolute atomic E-state index is 12.7. The minimum absolute atomic E-state index is 0.0109. The van der Waals surface area contributed by atoms with Crippen molar-refractivity contribution >= 4 is 201 Å². The van der Waals surface area contributed by atoms with Crippen molar-refractivity contribution in [2.75, 3.05) is 122 Å². The number of alkyl halides is 2. The minimum atomic E-state index is -0.980. The molecule has 0 bridgehead atoms. The van der Waals surface area contributed by atoms with Gasteiger partial charge >= 0.3 is 13.1 Å². The molecular weight excluding hydrogens is 1980 g/mol. The average Bonchev–Trinajstić information content (AvgIpc) is 1.62. The number of carboxylic acids is 1. The molecule has 5 fully saturated rings. The number of aromatic nitrogens is 6. The fourth-order valence-corrected chi connectivity index (χ4v) is 16.2. The third-order valence-corrected chi connectivity index (χ3v) is 24.7. The molecule has 730 valence electrons. The van der Waals surface area contributed by atoms with Gasteiger partial charge in [-0.1, -0.05) is 66.3 Å². The SMILES string of the molecule is CCc1cc2cc(-c3ccc(C(=O)N4CCOCC4)cn3)cc(Cl)c2o1.CCc1cc2cc(B3OC(C)(C)C(C)(C)O3)cc(Cl)c2o1.ClCCl.NCc1cc2cc(-c3ccc(C(=O)N4CCOCC4)cn3)cc(Cl)c2o1.Nc1ccc(/C=C/C(=O)CCc2cc3cc(-c4ccc(C(=O)N5CCOCC5)cn4)cc(Cl)c3o2)cn1.Nc1ccc(/C=C/C(=O)O)cn1.O=C(c1ccc(Br)nc1)N1CCOCC1. The highest BCUT2D eigenvalue weighted by Gasteiger charge is 2.52. The number of carboxylic acid groups (broad SMARTS) is 1. The Kier molecular flexibility index (Phi) is 37.6. The molecule has 15 heterocycles. The summed E-state index contributed by atoms with van der Waals surface area (Å²) < 4.78 is 57.0. The van der Waals surface area contributed by atoms with Crippen molar-refractivity contribution in [1.82, 2.24) is 49.5 Å². The lowest BCUT2D eigenvalue weighted by molar-refractivity contribution is -0.131. The Morgan fingerprint density at radius 3 is 1.08 bits per heavy atom. The van der Waals surface area contributed by atoms with Crippen molar-refractivity contribution < 1.29 is 79.8 Å². The fraction of sp³-hybridized carbons (Fsp3) is 0.294. The third kappa shape index (κ3) is 28.3. The predicted octanol–water partition coefficient (Wildman–Crippen LogP) is 19.5. The van der Waals surface area contributed by atoms with Gasteiger partial charge < -0.3 is 87.8 Å². The van der Waals surface area contributed by atoms with Gasteiger partial charge in [0, 0.05) is 160 Å². The summed E-state index contributed by atoms with van der Waals surface area (Å²) in [5.41, 5.74) is 28.0. The minimum Gasteiger partial charge on any atom is -0.478 e. The number of anilines is 2. The Bertz CT molecular complexity index is 6510. The van der Waals surface area contributed by atoms with Crippen molar-refractivity contribution in [3.05, 3.63) is 276 Å². The summed E-state index contributed by atoms with van der Waals surface area (Å²) in [6.07, 6.45) is 17.7. The van der Waals surface area contributed by atoms with E-state index in [2.05, 4.69) is 52.8 Å². The van der Waals surface area contributed by atoms with E-state index in [0.717, 1.165) is 101 Å².